The van der Waals surface area contributed by atoms with Crippen LogP contribution in [0.4, 0.5) is 5.69 Å². The molecule has 1 aliphatic rings. The van der Waals surface area contributed by atoms with Gasteiger partial charge in [0.1, 0.15) is 0 Å². The van der Waals surface area contributed by atoms with E-state index in [4.69, 9.17) is 23.2 Å². The second-order valence-corrected chi connectivity index (χ2v) is 7.66. The quantitative estimate of drug-likeness (QED) is 0.766. The van der Waals surface area contributed by atoms with Crippen LogP contribution in [0.2, 0.25) is 10.0 Å². The van der Waals surface area contributed by atoms with Crippen LogP contribution in [0.5, 0.6) is 0 Å². The molecule has 2 aromatic carbocycles. The molecule has 1 aliphatic heterocycles. The summed E-state index contributed by atoms with van der Waals surface area (Å²) in [4.78, 5) is 14.9. The van der Waals surface area contributed by atoms with Crippen LogP contribution in [0.15, 0.2) is 42.5 Å². The smallest absolute Gasteiger partial charge is 0.255 e. The first kappa shape index (κ1) is 18.2. The normalized spacial score (nSPS) is 18.1. The summed E-state index contributed by atoms with van der Waals surface area (Å²) in [6.45, 7) is 5.55. The molecule has 1 fully saturated rings. The van der Waals surface area contributed by atoms with Gasteiger partial charge in [-0.3, -0.25) is 9.69 Å². The van der Waals surface area contributed by atoms with Crippen molar-refractivity contribution >= 4 is 34.8 Å². The summed E-state index contributed by atoms with van der Waals surface area (Å²) < 4.78 is 0. The Hall–Kier alpha value is -1.55. The molecule has 1 saturated heterocycles. The van der Waals surface area contributed by atoms with Crippen molar-refractivity contribution in [2.75, 3.05) is 18.4 Å². The maximum Gasteiger partial charge on any atom is 0.255 e. The van der Waals surface area contributed by atoms with Gasteiger partial charge in [0.15, 0.2) is 0 Å². The zero-order valence-electron chi connectivity index (χ0n) is 14.3. The average molecular weight is 377 g/mol. The number of hydrogen-bond acceptors (Lipinski definition) is 2. The molecule has 0 bridgehead atoms. The lowest BCUT2D eigenvalue weighted by atomic mass is 9.99. The number of benzene rings is 2. The van der Waals surface area contributed by atoms with Crippen molar-refractivity contribution in [1.82, 2.24) is 4.90 Å². The van der Waals surface area contributed by atoms with E-state index in [1.165, 1.54) is 18.4 Å². The number of anilines is 1. The standard InChI is InChI=1S/C20H22Cl2N2O/c1-14-3-2-8-24(12-14)13-15-4-6-16(7-5-15)20(25)23-19-10-17(21)9-18(22)11-19/h4-7,9-11,14H,2-3,8,12-13H2,1H3,(H,23,25)/t14-/m1/s1. The predicted molar refractivity (Wildman–Crippen MR) is 105 cm³/mol. The van der Waals surface area contributed by atoms with E-state index in [0.717, 1.165) is 25.6 Å². The molecule has 25 heavy (non-hydrogen) atoms. The van der Waals surface area contributed by atoms with E-state index in [9.17, 15) is 4.79 Å². The number of rotatable bonds is 4. The summed E-state index contributed by atoms with van der Waals surface area (Å²) in [5.41, 5.74) is 2.44. The van der Waals surface area contributed by atoms with E-state index in [2.05, 4.69) is 17.1 Å². The molecule has 132 valence electrons. The second-order valence-electron chi connectivity index (χ2n) is 6.79. The highest BCUT2D eigenvalue weighted by atomic mass is 35.5. The topological polar surface area (TPSA) is 32.3 Å². The molecule has 5 heteroatoms. The van der Waals surface area contributed by atoms with Crippen molar-refractivity contribution in [3.05, 3.63) is 63.6 Å². The molecule has 3 rings (SSSR count). The Morgan fingerprint density at radius 3 is 2.48 bits per heavy atom. The number of likely N-dealkylation sites (tertiary alicyclic amines) is 1. The number of piperidine rings is 1. The van der Waals surface area contributed by atoms with E-state index in [0.29, 0.717) is 21.3 Å². The molecule has 3 nitrogen and oxygen atoms in total. The number of carbonyl (C=O) groups is 1. The van der Waals surface area contributed by atoms with Crippen molar-refractivity contribution < 1.29 is 4.79 Å². The Kier molecular flexibility index (Phi) is 6.00. The highest BCUT2D eigenvalue weighted by Gasteiger charge is 2.16. The fourth-order valence-corrected chi connectivity index (χ4v) is 3.81. The van der Waals surface area contributed by atoms with Gasteiger partial charge in [-0.05, 0) is 61.2 Å². The van der Waals surface area contributed by atoms with Gasteiger partial charge in [0.25, 0.3) is 5.91 Å². The van der Waals surface area contributed by atoms with Gasteiger partial charge < -0.3 is 5.32 Å². The van der Waals surface area contributed by atoms with Crippen LogP contribution in [0, 0.1) is 5.92 Å². The summed E-state index contributed by atoms with van der Waals surface area (Å²) in [6.07, 6.45) is 2.59. The van der Waals surface area contributed by atoms with Crippen LogP contribution in [0.25, 0.3) is 0 Å². The Morgan fingerprint density at radius 2 is 1.84 bits per heavy atom. The Bertz CT molecular complexity index is 726. The molecule has 1 atom stereocenters. The van der Waals surface area contributed by atoms with Gasteiger partial charge in [-0.2, -0.15) is 0 Å². The van der Waals surface area contributed by atoms with Gasteiger partial charge in [0.05, 0.1) is 0 Å². The molecular weight excluding hydrogens is 355 g/mol. The zero-order valence-corrected chi connectivity index (χ0v) is 15.8. The third-order valence-corrected chi connectivity index (χ3v) is 4.92. The monoisotopic (exact) mass is 376 g/mol. The lowest BCUT2D eigenvalue weighted by Gasteiger charge is -2.30. The van der Waals surface area contributed by atoms with E-state index in [1.807, 2.05) is 24.3 Å². The van der Waals surface area contributed by atoms with Gasteiger partial charge in [-0.15, -0.1) is 0 Å². The first-order valence-corrected chi connectivity index (χ1v) is 9.34. The lowest BCUT2D eigenvalue weighted by molar-refractivity contribution is 0.102. The fourth-order valence-electron chi connectivity index (χ4n) is 3.28. The number of hydrogen-bond donors (Lipinski definition) is 1. The average Bonchev–Trinajstić information content (AvgIpc) is 2.54. The minimum absolute atomic E-state index is 0.170. The van der Waals surface area contributed by atoms with Crippen molar-refractivity contribution in [1.29, 1.82) is 0 Å². The fraction of sp³-hybridized carbons (Fsp3) is 0.350. The number of carbonyl (C=O) groups excluding carboxylic acids is 1. The number of nitrogens with zero attached hydrogens (tertiary/aromatic N) is 1. The zero-order chi connectivity index (χ0) is 17.8. The van der Waals surface area contributed by atoms with Crippen molar-refractivity contribution in [3.63, 3.8) is 0 Å². The Morgan fingerprint density at radius 1 is 1.16 bits per heavy atom. The molecule has 0 radical (unpaired) electrons. The van der Waals surface area contributed by atoms with Crippen molar-refractivity contribution in [2.45, 2.75) is 26.3 Å². The van der Waals surface area contributed by atoms with Crippen LogP contribution in [0.3, 0.4) is 0 Å². The molecule has 2 aromatic rings. The van der Waals surface area contributed by atoms with Gasteiger partial charge in [-0.1, -0.05) is 42.3 Å². The summed E-state index contributed by atoms with van der Waals surface area (Å²) in [5.74, 6) is 0.597. The maximum atomic E-state index is 12.4. The van der Waals surface area contributed by atoms with Gasteiger partial charge >= 0.3 is 0 Å². The summed E-state index contributed by atoms with van der Waals surface area (Å²) in [7, 11) is 0. The molecule has 0 spiro atoms. The first-order valence-electron chi connectivity index (χ1n) is 8.58. The van der Waals surface area contributed by atoms with Crippen LogP contribution in [0.1, 0.15) is 35.7 Å². The highest BCUT2D eigenvalue weighted by molar-refractivity contribution is 6.35. The molecular formula is C20H22Cl2N2O. The third-order valence-electron chi connectivity index (χ3n) is 4.48. The summed E-state index contributed by atoms with van der Waals surface area (Å²) in [5, 5.41) is 3.82. The number of halogens is 2. The second kappa shape index (κ2) is 8.22. The maximum absolute atomic E-state index is 12.4. The van der Waals surface area contributed by atoms with Crippen LogP contribution >= 0.6 is 23.2 Å². The molecule has 1 N–H and O–H groups in total. The summed E-state index contributed by atoms with van der Waals surface area (Å²) >= 11 is 11.9. The molecule has 0 aliphatic carbocycles. The minimum atomic E-state index is -0.170. The molecule has 1 amide bonds. The van der Waals surface area contributed by atoms with E-state index >= 15 is 0 Å². The van der Waals surface area contributed by atoms with E-state index in [1.54, 1.807) is 18.2 Å². The lowest BCUT2D eigenvalue weighted by Crippen LogP contribution is -2.33. The third kappa shape index (κ3) is 5.21. The Labute approximate surface area is 158 Å². The van der Waals surface area contributed by atoms with Crippen molar-refractivity contribution in [2.24, 2.45) is 5.92 Å². The van der Waals surface area contributed by atoms with Crippen molar-refractivity contribution in [3.8, 4) is 0 Å². The minimum Gasteiger partial charge on any atom is -0.322 e. The SMILES string of the molecule is C[C@@H]1CCCN(Cc2ccc(C(=O)Nc3cc(Cl)cc(Cl)c3)cc2)C1. The molecule has 0 saturated carbocycles. The van der Waals surface area contributed by atoms with Crippen LogP contribution in [-0.4, -0.2) is 23.9 Å². The molecule has 0 aromatic heterocycles. The van der Waals surface area contributed by atoms with Gasteiger partial charge in [0.2, 0.25) is 0 Å². The van der Waals surface area contributed by atoms with Crippen LogP contribution < -0.4 is 5.32 Å². The number of nitrogens with one attached hydrogen (secondary N) is 1. The van der Waals surface area contributed by atoms with Crippen LogP contribution in [-0.2, 0) is 6.54 Å². The van der Waals surface area contributed by atoms with E-state index < -0.39 is 0 Å². The molecule has 1 heterocycles. The van der Waals surface area contributed by atoms with E-state index in [-0.39, 0.29) is 5.91 Å². The Balaban J connectivity index is 1.62. The van der Waals surface area contributed by atoms with Gasteiger partial charge in [0, 0.05) is 34.4 Å². The molecule has 0 unspecified atom stereocenters. The predicted octanol–water partition coefficient (Wildman–Crippen LogP) is 5.48. The van der Waals surface area contributed by atoms with Gasteiger partial charge in [-0.25, -0.2) is 0 Å². The first-order chi connectivity index (χ1) is 12.0. The largest absolute Gasteiger partial charge is 0.322 e. The highest BCUT2D eigenvalue weighted by Crippen LogP contribution is 2.23. The number of amides is 1. The summed E-state index contributed by atoms with van der Waals surface area (Å²) in [6, 6.07) is 12.8.